The van der Waals surface area contributed by atoms with Gasteiger partial charge in [-0.3, -0.25) is 4.98 Å². The summed E-state index contributed by atoms with van der Waals surface area (Å²) in [5.41, 5.74) is 8.38. The van der Waals surface area contributed by atoms with Crippen LogP contribution in [0.1, 0.15) is 11.1 Å². The maximum absolute atomic E-state index is 8.89. The summed E-state index contributed by atoms with van der Waals surface area (Å²) < 4.78 is 0.873. The van der Waals surface area contributed by atoms with Gasteiger partial charge in [-0.1, -0.05) is 27.2 Å². The summed E-state index contributed by atoms with van der Waals surface area (Å²) in [6.45, 7) is 0.682. The number of anilines is 1. The summed E-state index contributed by atoms with van der Waals surface area (Å²) in [5, 5.41) is 12.0. The Balaban J connectivity index is 2.32. The summed E-state index contributed by atoms with van der Waals surface area (Å²) in [5.74, 6) is 0.0827. The highest BCUT2D eigenvalue weighted by atomic mass is 79.9. The van der Waals surface area contributed by atoms with E-state index >= 15 is 0 Å². The fourth-order valence-electron chi connectivity index (χ4n) is 1.95. The first kappa shape index (κ1) is 14.3. The van der Waals surface area contributed by atoms with Crippen molar-refractivity contribution in [3.63, 3.8) is 0 Å². The molecule has 0 aliphatic rings. The minimum Gasteiger partial charge on any atom is -0.409 e. The quantitative estimate of drug-likeness (QED) is 0.390. The molecule has 1 aromatic heterocycles. The third-order valence-electron chi connectivity index (χ3n) is 2.90. The lowest BCUT2D eigenvalue weighted by atomic mass is 10.1. The lowest BCUT2D eigenvalue weighted by molar-refractivity contribution is 0.318. The molecule has 0 bridgehead atoms. The van der Waals surface area contributed by atoms with E-state index < -0.39 is 0 Å². The molecule has 0 unspecified atom stereocenters. The number of aromatic nitrogens is 1. The number of hydrogen-bond donors (Lipinski definition) is 2. The van der Waals surface area contributed by atoms with Crippen molar-refractivity contribution < 1.29 is 5.21 Å². The van der Waals surface area contributed by atoms with E-state index in [-0.39, 0.29) is 5.84 Å². The SMILES string of the molecule is CN(Cc1cccnc1)c1ccc(Br)cc1/C(N)=N/O. The molecular formula is C14H15BrN4O. The van der Waals surface area contributed by atoms with E-state index in [2.05, 4.69) is 26.1 Å². The third kappa shape index (κ3) is 3.27. The number of rotatable bonds is 4. The Hall–Kier alpha value is -2.08. The molecule has 0 fully saturated rings. The summed E-state index contributed by atoms with van der Waals surface area (Å²) in [7, 11) is 1.95. The molecule has 2 aromatic rings. The van der Waals surface area contributed by atoms with Crippen LogP contribution in [-0.2, 0) is 6.54 Å². The fraction of sp³-hybridized carbons (Fsp3) is 0.143. The van der Waals surface area contributed by atoms with Gasteiger partial charge in [0.05, 0.1) is 0 Å². The van der Waals surface area contributed by atoms with Crippen LogP contribution >= 0.6 is 15.9 Å². The van der Waals surface area contributed by atoms with Crippen molar-refractivity contribution in [3.8, 4) is 0 Å². The average Bonchev–Trinajstić information content (AvgIpc) is 2.47. The zero-order valence-electron chi connectivity index (χ0n) is 11.0. The Labute approximate surface area is 125 Å². The van der Waals surface area contributed by atoms with Crippen molar-refractivity contribution in [1.82, 2.24) is 4.98 Å². The molecule has 3 N–H and O–H groups in total. The molecular weight excluding hydrogens is 320 g/mol. The summed E-state index contributed by atoms with van der Waals surface area (Å²) >= 11 is 3.39. The molecule has 1 aromatic carbocycles. The van der Waals surface area contributed by atoms with E-state index in [0.29, 0.717) is 12.1 Å². The first-order chi connectivity index (χ1) is 9.61. The van der Waals surface area contributed by atoms with Crippen LogP contribution in [0.15, 0.2) is 52.4 Å². The minimum atomic E-state index is 0.0827. The Bertz CT molecular complexity index is 616. The lowest BCUT2D eigenvalue weighted by Gasteiger charge is -2.22. The molecule has 20 heavy (non-hydrogen) atoms. The Morgan fingerprint density at radius 1 is 1.45 bits per heavy atom. The average molecular weight is 335 g/mol. The molecule has 0 saturated heterocycles. The number of amidine groups is 1. The first-order valence-electron chi connectivity index (χ1n) is 5.99. The fourth-order valence-corrected chi connectivity index (χ4v) is 2.31. The second-order valence-electron chi connectivity index (χ2n) is 4.36. The molecule has 104 valence electrons. The molecule has 0 radical (unpaired) electrons. The maximum atomic E-state index is 8.89. The predicted molar refractivity (Wildman–Crippen MR) is 83.0 cm³/mol. The summed E-state index contributed by atoms with van der Waals surface area (Å²) in [6.07, 6.45) is 3.56. The van der Waals surface area contributed by atoms with Gasteiger partial charge in [0, 0.05) is 41.7 Å². The van der Waals surface area contributed by atoms with Crippen molar-refractivity contribution >= 4 is 27.5 Å². The number of nitrogens with two attached hydrogens (primary N) is 1. The molecule has 1 heterocycles. The number of benzene rings is 1. The standard InChI is InChI=1S/C14H15BrN4O/c1-19(9-10-3-2-6-17-8-10)13-5-4-11(15)7-12(13)14(16)18-20/h2-8,20H,9H2,1H3,(H2,16,18). The Morgan fingerprint density at radius 3 is 2.90 bits per heavy atom. The van der Waals surface area contributed by atoms with E-state index in [0.717, 1.165) is 15.7 Å². The number of halogens is 1. The van der Waals surface area contributed by atoms with Crippen molar-refractivity contribution in [2.45, 2.75) is 6.54 Å². The van der Waals surface area contributed by atoms with Gasteiger partial charge in [-0.2, -0.15) is 0 Å². The molecule has 0 saturated carbocycles. The van der Waals surface area contributed by atoms with E-state index in [4.69, 9.17) is 10.9 Å². The molecule has 2 rings (SSSR count). The van der Waals surface area contributed by atoms with Crippen LogP contribution in [0.3, 0.4) is 0 Å². The van der Waals surface area contributed by atoms with Gasteiger partial charge in [-0.25, -0.2) is 0 Å². The van der Waals surface area contributed by atoms with Gasteiger partial charge in [0.25, 0.3) is 0 Å². The zero-order chi connectivity index (χ0) is 14.5. The highest BCUT2D eigenvalue weighted by Gasteiger charge is 2.12. The minimum absolute atomic E-state index is 0.0827. The summed E-state index contributed by atoms with van der Waals surface area (Å²) in [6, 6.07) is 9.57. The van der Waals surface area contributed by atoms with Crippen LogP contribution in [0.25, 0.3) is 0 Å². The first-order valence-corrected chi connectivity index (χ1v) is 6.78. The van der Waals surface area contributed by atoms with Gasteiger partial charge in [0.15, 0.2) is 5.84 Å². The van der Waals surface area contributed by atoms with Gasteiger partial charge in [0.2, 0.25) is 0 Å². The maximum Gasteiger partial charge on any atom is 0.172 e. The van der Waals surface area contributed by atoms with Gasteiger partial charge in [0.1, 0.15) is 0 Å². The van der Waals surface area contributed by atoms with Gasteiger partial charge in [-0.05, 0) is 29.8 Å². The van der Waals surface area contributed by atoms with E-state index in [9.17, 15) is 0 Å². The van der Waals surface area contributed by atoms with Gasteiger partial charge >= 0.3 is 0 Å². The molecule has 0 atom stereocenters. The largest absolute Gasteiger partial charge is 0.409 e. The molecule has 0 aliphatic carbocycles. The molecule has 0 spiro atoms. The van der Waals surface area contributed by atoms with Crippen LogP contribution in [-0.4, -0.2) is 23.1 Å². The molecule has 5 nitrogen and oxygen atoms in total. The highest BCUT2D eigenvalue weighted by molar-refractivity contribution is 9.10. The van der Waals surface area contributed by atoms with Gasteiger partial charge < -0.3 is 15.8 Å². The molecule has 0 amide bonds. The van der Waals surface area contributed by atoms with Crippen molar-refractivity contribution in [1.29, 1.82) is 0 Å². The second-order valence-corrected chi connectivity index (χ2v) is 5.28. The van der Waals surface area contributed by atoms with E-state index in [1.165, 1.54) is 0 Å². The van der Waals surface area contributed by atoms with Gasteiger partial charge in [-0.15, -0.1) is 0 Å². The van der Waals surface area contributed by atoms with Crippen molar-refractivity contribution in [2.24, 2.45) is 10.9 Å². The topological polar surface area (TPSA) is 74.7 Å². The smallest absolute Gasteiger partial charge is 0.172 e. The second kappa shape index (κ2) is 6.38. The van der Waals surface area contributed by atoms with E-state index in [1.807, 2.05) is 48.5 Å². The normalized spacial score (nSPS) is 11.4. The Kier molecular flexibility index (Phi) is 4.57. The highest BCUT2D eigenvalue weighted by Crippen LogP contribution is 2.25. The number of hydrogen-bond acceptors (Lipinski definition) is 4. The number of pyridine rings is 1. The molecule has 6 heteroatoms. The predicted octanol–water partition coefficient (Wildman–Crippen LogP) is 2.58. The van der Waals surface area contributed by atoms with Crippen LogP contribution in [0.2, 0.25) is 0 Å². The van der Waals surface area contributed by atoms with Crippen LogP contribution in [0.4, 0.5) is 5.69 Å². The van der Waals surface area contributed by atoms with E-state index in [1.54, 1.807) is 6.20 Å². The van der Waals surface area contributed by atoms with Crippen molar-refractivity contribution in [2.75, 3.05) is 11.9 Å². The van der Waals surface area contributed by atoms with Crippen LogP contribution in [0, 0.1) is 0 Å². The van der Waals surface area contributed by atoms with Crippen LogP contribution in [0.5, 0.6) is 0 Å². The lowest BCUT2D eigenvalue weighted by Crippen LogP contribution is -2.22. The Morgan fingerprint density at radius 2 is 2.25 bits per heavy atom. The number of oxime groups is 1. The third-order valence-corrected chi connectivity index (χ3v) is 3.39. The van der Waals surface area contributed by atoms with Crippen molar-refractivity contribution in [3.05, 3.63) is 58.3 Å². The van der Waals surface area contributed by atoms with Crippen LogP contribution < -0.4 is 10.6 Å². The zero-order valence-corrected chi connectivity index (χ0v) is 12.6. The molecule has 0 aliphatic heterocycles. The monoisotopic (exact) mass is 334 g/mol. The number of nitrogens with zero attached hydrogens (tertiary/aromatic N) is 3. The summed E-state index contributed by atoms with van der Waals surface area (Å²) in [4.78, 5) is 6.12.